The van der Waals surface area contributed by atoms with Crippen LogP contribution in [0.1, 0.15) is 96.5 Å². The lowest BCUT2D eigenvalue weighted by molar-refractivity contribution is 0.166. The predicted molar refractivity (Wildman–Crippen MR) is 177 cm³/mol. The minimum absolute atomic E-state index is 0.350. The van der Waals surface area contributed by atoms with Gasteiger partial charge in [-0.05, 0) is 112 Å². The van der Waals surface area contributed by atoms with Gasteiger partial charge in [0.05, 0.1) is 5.71 Å². The molecule has 216 valence electrons. The summed E-state index contributed by atoms with van der Waals surface area (Å²) in [5.41, 5.74) is 4.05. The summed E-state index contributed by atoms with van der Waals surface area (Å²) in [4.78, 5) is 0. The molecule has 1 aromatic rings. The molecule has 2 nitrogen and oxygen atoms in total. The van der Waals surface area contributed by atoms with E-state index >= 15 is 0 Å². The number of rotatable bonds is 6. The smallest absolute Gasteiger partial charge is 0.126 e. The molecule has 3 heteroatoms. The number of benzene rings is 1. The fourth-order valence-corrected chi connectivity index (χ4v) is 7.19. The van der Waals surface area contributed by atoms with E-state index in [0.29, 0.717) is 17.9 Å². The molecule has 0 spiro atoms. The molecule has 0 radical (unpaired) electrons. The van der Waals surface area contributed by atoms with Crippen LogP contribution in [0, 0.1) is 23.7 Å². The van der Waals surface area contributed by atoms with Crippen LogP contribution in [-0.4, -0.2) is 18.1 Å². The standard InChI is InChI=1S/C19H29NS.C18H22O/c1-4-8-17-9-6-7-10-18(19(17)20-21-3)16-13-11-15(5-2)12-14-16;1-2-4-9-15(8-3-1)14-17-12-7-11-16-10-5-6-13-18(16)19-17/h4,6-8,10,15-17H,5,9,11-14H2,1-3H3;1-2,5-7,10-11,13,15,17H,3-4,8-9,12,14H2/b8-4-,20-19+;. The van der Waals surface area contributed by atoms with E-state index in [9.17, 15) is 0 Å². The molecular formula is C37H51NOS. The van der Waals surface area contributed by atoms with Crippen LogP contribution < -0.4 is 4.74 Å². The van der Waals surface area contributed by atoms with Crippen LogP contribution >= 0.6 is 11.9 Å². The number of para-hydroxylation sites is 1. The summed E-state index contributed by atoms with van der Waals surface area (Å²) >= 11 is 1.61. The zero-order valence-corrected chi connectivity index (χ0v) is 26.0. The van der Waals surface area contributed by atoms with Gasteiger partial charge in [0, 0.05) is 24.2 Å². The van der Waals surface area contributed by atoms with Crippen molar-refractivity contribution in [3.63, 3.8) is 0 Å². The molecule has 40 heavy (non-hydrogen) atoms. The summed E-state index contributed by atoms with van der Waals surface area (Å²) in [6.45, 7) is 4.45. The van der Waals surface area contributed by atoms with Gasteiger partial charge in [0.1, 0.15) is 11.9 Å². The maximum atomic E-state index is 6.22. The molecule has 1 heterocycles. The summed E-state index contributed by atoms with van der Waals surface area (Å²) in [6.07, 6.45) is 38.2. The molecule has 0 N–H and O–H groups in total. The van der Waals surface area contributed by atoms with Crippen molar-refractivity contribution in [2.45, 2.75) is 97.0 Å². The van der Waals surface area contributed by atoms with E-state index in [4.69, 9.17) is 9.13 Å². The Balaban J connectivity index is 0.000000186. The quantitative estimate of drug-likeness (QED) is 0.256. The number of hydrogen-bond donors (Lipinski definition) is 0. The average Bonchev–Trinajstić information content (AvgIpc) is 3.45. The highest BCUT2D eigenvalue weighted by atomic mass is 32.2. The fraction of sp³-hybridized carbons (Fsp3) is 0.541. The molecule has 0 aromatic heterocycles. The molecule has 0 bridgehead atoms. The summed E-state index contributed by atoms with van der Waals surface area (Å²) < 4.78 is 11.0. The van der Waals surface area contributed by atoms with E-state index in [0.717, 1.165) is 30.4 Å². The molecule has 1 saturated carbocycles. The van der Waals surface area contributed by atoms with Gasteiger partial charge in [-0.25, -0.2) is 4.40 Å². The monoisotopic (exact) mass is 557 g/mol. The van der Waals surface area contributed by atoms with Crippen LogP contribution in [-0.2, 0) is 0 Å². The van der Waals surface area contributed by atoms with Crippen LogP contribution in [0.3, 0.4) is 0 Å². The van der Waals surface area contributed by atoms with Crippen molar-refractivity contribution >= 4 is 23.7 Å². The molecule has 1 fully saturated rings. The molecule has 2 atom stereocenters. The van der Waals surface area contributed by atoms with Crippen LogP contribution in [0.4, 0.5) is 0 Å². The Labute approximate surface area is 249 Å². The number of hydrogen-bond acceptors (Lipinski definition) is 3. The number of allylic oxidation sites excluding steroid dienone is 8. The van der Waals surface area contributed by atoms with E-state index in [1.807, 2.05) is 0 Å². The molecule has 4 aliphatic rings. The van der Waals surface area contributed by atoms with Crippen molar-refractivity contribution in [1.82, 2.24) is 0 Å². The molecule has 3 aliphatic carbocycles. The van der Waals surface area contributed by atoms with Gasteiger partial charge >= 0.3 is 0 Å². The fourth-order valence-electron chi connectivity index (χ4n) is 6.75. The van der Waals surface area contributed by atoms with Gasteiger partial charge in [0.15, 0.2) is 0 Å². The van der Waals surface area contributed by atoms with Gasteiger partial charge in [0.2, 0.25) is 0 Å². The maximum Gasteiger partial charge on any atom is 0.126 e. The lowest BCUT2D eigenvalue weighted by Crippen LogP contribution is -2.23. The first kappa shape index (κ1) is 30.7. The number of nitrogens with zero attached hydrogens (tertiary/aromatic N) is 1. The van der Waals surface area contributed by atoms with Crippen molar-refractivity contribution in [3.8, 4) is 5.75 Å². The van der Waals surface area contributed by atoms with Gasteiger partial charge in [0.25, 0.3) is 0 Å². The Morgan fingerprint density at radius 2 is 1.70 bits per heavy atom. The highest BCUT2D eigenvalue weighted by Gasteiger charge is 2.28. The van der Waals surface area contributed by atoms with Crippen LogP contribution in [0.5, 0.6) is 5.75 Å². The van der Waals surface area contributed by atoms with Gasteiger partial charge in [-0.3, -0.25) is 0 Å². The topological polar surface area (TPSA) is 21.6 Å². The first-order valence-electron chi connectivity index (χ1n) is 15.9. The molecule has 2 unspecified atom stereocenters. The zero-order valence-electron chi connectivity index (χ0n) is 25.1. The Bertz CT molecular complexity index is 1080. The maximum absolute atomic E-state index is 6.22. The lowest BCUT2D eigenvalue weighted by Gasteiger charge is -2.31. The van der Waals surface area contributed by atoms with Crippen molar-refractivity contribution in [1.29, 1.82) is 0 Å². The van der Waals surface area contributed by atoms with E-state index in [-0.39, 0.29) is 0 Å². The third-order valence-corrected chi connectivity index (χ3v) is 9.46. The Kier molecular flexibility index (Phi) is 12.9. The van der Waals surface area contributed by atoms with Crippen LogP contribution in [0.25, 0.3) is 6.08 Å². The van der Waals surface area contributed by atoms with Crippen LogP contribution in [0.2, 0.25) is 0 Å². The largest absolute Gasteiger partial charge is 0.489 e. The summed E-state index contributed by atoms with van der Waals surface area (Å²) in [5, 5.41) is 0. The molecule has 1 aromatic carbocycles. The van der Waals surface area contributed by atoms with E-state index in [1.54, 1.807) is 11.9 Å². The molecule has 0 amide bonds. The number of ether oxygens (including phenoxy) is 1. The van der Waals surface area contributed by atoms with Gasteiger partial charge < -0.3 is 4.74 Å². The van der Waals surface area contributed by atoms with Gasteiger partial charge in [-0.2, -0.15) is 0 Å². The summed E-state index contributed by atoms with van der Waals surface area (Å²) in [5.74, 6) is 3.99. The van der Waals surface area contributed by atoms with E-state index < -0.39 is 0 Å². The third-order valence-electron chi connectivity index (χ3n) is 9.08. The van der Waals surface area contributed by atoms with E-state index in [2.05, 4.69) is 99.1 Å². The predicted octanol–water partition coefficient (Wildman–Crippen LogP) is 11.0. The first-order valence-corrected chi connectivity index (χ1v) is 17.1. The first-order chi connectivity index (χ1) is 19.7. The van der Waals surface area contributed by atoms with Gasteiger partial charge in [-0.1, -0.05) is 86.2 Å². The second kappa shape index (κ2) is 16.9. The lowest BCUT2D eigenvalue weighted by atomic mass is 9.75. The minimum Gasteiger partial charge on any atom is -0.489 e. The Hall–Kier alpha value is -2.26. The molecule has 0 saturated heterocycles. The Morgan fingerprint density at radius 3 is 2.42 bits per heavy atom. The molecule has 5 rings (SSSR count). The second-order valence-electron chi connectivity index (χ2n) is 11.8. The van der Waals surface area contributed by atoms with Crippen LogP contribution in [0.15, 0.2) is 82.8 Å². The Morgan fingerprint density at radius 1 is 0.925 bits per heavy atom. The highest BCUT2D eigenvalue weighted by molar-refractivity contribution is 7.97. The minimum atomic E-state index is 0.350. The third kappa shape index (κ3) is 9.13. The highest BCUT2D eigenvalue weighted by Crippen LogP contribution is 2.38. The van der Waals surface area contributed by atoms with Crippen molar-refractivity contribution in [3.05, 3.63) is 84.0 Å². The summed E-state index contributed by atoms with van der Waals surface area (Å²) in [7, 11) is 0. The summed E-state index contributed by atoms with van der Waals surface area (Å²) in [6, 6.07) is 8.35. The van der Waals surface area contributed by atoms with Crippen molar-refractivity contribution in [2.24, 2.45) is 28.1 Å². The SMILES string of the molecule is C/C=C\C1CC=CC=C(C2CCC(CC)CC2)/C1=N/SC.C1=CCCC(CC2CC=Cc3ccccc3O2)CC1. The zero-order chi connectivity index (χ0) is 28.0. The average molecular weight is 558 g/mol. The normalized spacial score (nSPS) is 28.1. The molecular weight excluding hydrogens is 506 g/mol. The van der Waals surface area contributed by atoms with Crippen molar-refractivity contribution in [2.75, 3.05) is 6.26 Å². The van der Waals surface area contributed by atoms with Gasteiger partial charge in [-0.15, -0.1) is 0 Å². The number of fused-ring (bicyclic) bond motifs is 1. The van der Waals surface area contributed by atoms with Crippen molar-refractivity contribution < 1.29 is 4.74 Å². The second-order valence-corrected chi connectivity index (χ2v) is 12.4. The molecule has 1 aliphatic heterocycles. The van der Waals surface area contributed by atoms with E-state index in [1.165, 1.54) is 81.1 Å².